The molecule has 0 N–H and O–H groups in total. The van der Waals surface area contributed by atoms with Crippen LogP contribution in [0, 0.1) is 0 Å². The highest BCUT2D eigenvalue weighted by molar-refractivity contribution is 6.20. The van der Waals surface area contributed by atoms with E-state index >= 15 is 0 Å². The summed E-state index contributed by atoms with van der Waals surface area (Å²) in [5.41, 5.74) is 10.1. The number of furan rings is 2. The predicted octanol–water partition coefficient (Wildman–Crippen LogP) is 21.6. The van der Waals surface area contributed by atoms with Crippen molar-refractivity contribution in [3.8, 4) is 79.5 Å². The Kier molecular flexibility index (Phi) is 10.9. The van der Waals surface area contributed by atoms with Crippen molar-refractivity contribution in [1.82, 2.24) is 29.9 Å². The first-order chi connectivity index (χ1) is 44.5. The van der Waals surface area contributed by atoms with Crippen LogP contribution in [-0.2, 0) is 0 Å². The number of aromatic nitrogens is 6. The van der Waals surface area contributed by atoms with Crippen LogP contribution >= 0.6 is 0 Å². The highest BCUT2D eigenvalue weighted by Gasteiger charge is 2.23. The molecule has 416 valence electrons. The third-order valence-corrected chi connectivity index (χ3v) is 18.1. The van der Waals surface area contributed by atoms with Gasteiger partial charge in [0.15, 0.2) is 34.9 Å². The van der Waals surface area contributed by atoms with Crippen LogP contribution in [0.4, 0.5) is 0 Å². The van der Waals surface area contributed by atoms with Crippen LogP contribution in [-0.4, -0.2) is 29.9 Å². The number of fused-ring (bicyclic) bond motifs is 17. The molecule has 15 aromatic carbocycles. The minimum Gasteiger partial charge on any atom is -0.455 e. The summed E-state index contributed by atoms with van der Waals surface area (Å²) in [6.45, 7) is 0. The van der Waals surface area contributed by atoms with Gasteiger partial charge < -0.3 is 8.83 Å². The van der Waals surface area contributed by atoms with Crippen molar-refractivity contribution in [1.29, 1.82) is 0 Å². The van der Waals surface area contributed by atoms with E-state index < -0.39 is 0 Å². The predicted molar refractivity (Wildman–Crippen MR) is 368 cm³/mol. The van der Waals surface area contributed by atoms with Gasteiger partial charge in [0.1, 0.15) is 22.3 Å². The summed E-state index contributed by atoms with van der Waals surface area (Å²) < 4.78 is 13.6. The lowest BCUT2D eigenvalue weighted by atomic mass is 9.95. The van der Waals surface area contributed by atoms with Crippen LogP contribution in [0.2, 0.25) is 0 Å². The molecule has 0 spiro atoms. The van der Waals surface area contributed by atoms with Crippen LogP contribution in [0.3, 0.4) is 0 Å². The third kappa shape index (κ3) is 7.95. The highest BCUT2D eigenvalue weighted by Crippen LogP contribution is 2.44. The zero-order chi connectivity index (χ0) is 59.0. The molecule has 0 amide bonds. The van der Waals surface area contributed by atoms with E-state index in [4.69, 9.17) is 38.7 Å². The molecule has 0 aliphatic carbocycles. The summed E-state index contributed by atoms with van der Waals surface area (Å²) in [4.78, 5) is 31.7. The molecule has 0 radical (unpaired) electrons. The second kappa shape index (κ2) is 19.6. The molecule has 8 heteroatoms. The molecule has 0 aliphatic heterocycles. The summed E-state index contributed by atoms with van der Waals surface area (Å²) in [5.74, 6) is 3.34. The molecule has 19 rings (SSSR count). The van der Waals surface area contributed by atoms with Gasteiger partial charge in [-0.15, -0.1) is 0 Å². The first-order valence-electron chi connectivity index (χ1n) is 30.2. The molecule has 0 saturated heterocycles. The van der Waals surface area contributed by atoms with Gasteiger partial charge in [-0.25, -0.2) is 29.9 Å². The number of para-hydroxylation sites is 3. The molecule has 4 heterocycles. The standard InChI is InChI=1S/C82H46N6O2/c1-2-15-50(16-3-1)77-83-79(55-33-35-60-51(43-55)31-39-63-58-17-6-4-13-48(58)29-37-65(60)63)86-81(85-77)70-42-41-62(76-74(70)69-20-9-11-24-73(69)90-76)53-27-25-47-26-28-54(46-57(47)45-53)78-84-80(88-82(87-78)71-22-12-21-68-67-19-8-10-23-72(67)89-75(68)71)56-34-36-61-52(44-56)32-40-64-59-18-7-5-14-49(59)30-38-66(61)64/h1-46H. The quantitative estimate of drug-likeness (QED) is 0.145. The van der Waals surface area contributed by atoms with E-state index in [2.05, 4.69) is 206 Å². The molecule has 4 aromatic heterocycles. The van der Waals surface area contributed by atoms with Crippen molar-refractivity contribution in [2.24, 2.45) is 0 Å². The van der Waals surface area contributed by atoms with Crippen molar-refractivity contribution in [2.45, 2.75) is 0 Å². The number of hydrogen-bond donors (Lipinski definition) is 0. The second-order valence-electron chi connectivity index (χ2n) is 23.3. The van der Waals surface area contributed by atoms with Gasteiger partial charge in [-0.1, -0.05) is 224 Å². The normalized spacial score (nSPS) is 12.0. The van der Waals surface area contributed by atoms with E-state index in [1.54, 1.807) is 0 Å². The average Bonchev–Trinajstić information content (AvgIpc) is 1.54. The van der Waals surface area contributed by atoms with Crippen LogP contribution in [0.1, 0.15) is 0 Å². The van der Waals surface area contributed by atoms with Gasteiger partial charge in [0, 0.05) is 54.9 Å². The van der Waals surface area contributed by atoms with Gasteiger partial charge >= 0.3 is 0 Å². The molecular formula is C82H46N6O2. The molecule has 0 unspecified atom stereocenters. The van der Waals surface area contributed by atoms with E-state index in [-0.39, 0.29) is 0 Å². The van der Waals surface area contributed by atoms with Gasteiger partial charge in [0.25, 0.3) is 0 Å². The fourth-order valence-corrected chi connectivity index (χ4v) is 13.8. The largest absolute Gasteiger partial charge is 0.455 e. The van der Waals surface area contributed by atoms with Gasteiger partial charge in [0.05, 0.1) is 5.56 Å². The third-order valence-electron chi connectivity index (χ3n) is 18.1. The maximum Gasteiger partial charge on any atom is 0.167 e. The van der Waals surface area contributed by atoms with E-state index in [9.17, 15) is 0 Å². The maximum absolute atomic E-state index is 6.96. The van der Waals surface area contributed by atoms with E-state index in [1.165, 1.54) is 53.9 Å². The Bertz CT molecular complexity index is 6250. The number of hydrogen-bond acceptors (Lipinski definition) is 8. The first kappa shape index (κ1) is 49.9. The lowest BCUT2D eigenvalue weighted by Crippen LogP contribution is -2.00. The topological polar surface area (TPSA) is 104 Å². The van der Waals surface area contributed by atoms with Gasteiger partial charge in [-0.2, -0.15) is 0 Å². The Balaban J connectivity index is 0.747. The Morgan fingerprint density at radius 1 is 0.189 bits per heavy atom. The van der Waals surface area contributed by atoms with Crippen molar-refractivity contribution in [3.05, 3.63) is 279 Å². The zero-order valence-corrected chi connectivity index (χ0v) is 48.1. The van der Waals surface area contributed by atoms with Crippen molar-refractivity contribution >= 4 is 119 Å². The van der Waals surface area contributed by atoms with Crippen LogP contribution in [0.25, 0.3) is 199 Å². The Morgan fingerprint density at radius 2 is 0.589 bits per heavy atom. The molecule has 0 fully saturated rings. The molecule has 90 heavy (non-hydrogen) atoms. The number of nitrogens with zero attached hydrogens (tertiary/aromatic N) is 6. The molecule has 8 nitrogen and oxygen atoms in total. The summed E-state index contributed by atoms with van der Waals surface area (Å²) >= 11 is 0. The summed E-state index contributed by atoms with van der Waals surface area (Å²) in [6.07, 6.45) is 0. The van der Waals surface area contributed by atoms with Crippen LogP contribution < -0.4 is 0 Å². The molecule has 19 aromatic rings. The minimum absolute atomic E-state index is 0.520. The Morgan fingerprint density at radius 3 is 1.21 bits per heavy atom. The SMILES string of the molecule is c1ccc(-c2nc(-c3ccc4c(ccc5c6ccccc6ccc45)c3)nc(-c3ccc(-c4ccc5ccc(-c6nc(-c7ccc8c(ccc9c%10ccccc%10ccc89)c7)nc(-c7cccc8c7oc7ccccc78)n6)cc5c4)c4oc5ccccc5c34)n2)cc1. The van der Waals surface area contributed by atoms with Crippen molar-refractivity contribution < 1.29 is 8.83 Å². The van der Waals surface area contributed by atoms with Gasteiger partial charge in [0.2, 0.25) is 0 Å². The first-order valence-corrected chi connectivity index (χ1v) is 30.2. The Hall–Kier alpha value is -12.3. The maximum atomic E-state index is 6.96. The number of rotatable bonds is 7. The summed E-state index contributed by atoms with van der Waals surface area (Å²) in [7, 11) is 0. The average molecular weight is 1150 g/mol. The van der Waals surface area contributed by atoms with E-state index in [0.717, 1.165) is 110 Å². The van der Waals surface area contributed by atoms with Crippen LogP contribution in [0.15, 0.2) is 288 Å². The van der Waals surface area contributed by atoms with Gasteiger partial charge in [-0.3, -0.25) is 0 Å². The van der Waals surface area contributed by atoms with Crippen molar-refractivity contribution in [2.75, 3.05) is 0 Å². The molecular weight excluding hydrogens is 1100 g/mol. The monoisotopic (exact) mass is 1150 g/mol. The summed E-state index contributed by atoms with van der Waals surface area (Å²) in [5, 5.41) is 20.3. The molecule has 0 atom stereocenters. The van der Waals surface area contributed by atoms with Crippen molar-refractivity contribution in [3.63, 3.8) is 0 Å². The minimum atomic E-state index is 0.520. The second-order valence-corrected chi connectivity index (χ2v) is 23.3. The smallest absolute Gasteiger partial charge is 0.167 e. The molecule has 0 saturated carbocycles. The molecule has 0 aliphatic rings. The fraction of sp³-hybridized carbons (Fsp3) is 0. The van der Waals surface area contributed by atoms with Crippen LogP contribution in [0.5, 0.6) is 0 Å². The zero-order valence-electron chi connectivity index (χ0n) is 48.1. The lowest BCUT2D eigenvalue weighted by Gasteiger charge is -2.12. The lowest BCUT2D eigenvalue weighted by molar-refractivity contribution is 0.669. The molecule has 0 bridgehead atoms. The Labute approximate surface area is 513 Å². The fourth-order valence-electron chi connectivity index (χ4n) is 13.8. The summed E-state index contributed by atoms with van der Waals surface area (Å²) in [6, 6.07) is 97.9. The number of benzene rings is 15. The van der Waals surface area contributed by atoms with E-state index in [0.29, 0.717) is 34.9 Å². The highest BCUT2D eigenvalue weighted by atomic mass is 16.3. The van der Waals surface area contributed by atoms with Gasteiger partial charge in [-0.05, 0) is 136 Å². The van der Waals surface area contributed by atoms with E-state index in [1.807, 2.05) is 72.8 Å².